The van der Waals surface area contributed by atoms with E-state index in [2.05, 4.69) is 14.7 Å². The van der Waals surface area contributed by atoms with Crippen LogP contribution >= 0.6 is 0 Å². The molecule has 1 heterocycles. The van der Waals surface area contributed by atoms with Crippen LogP contribution in [-0.2, 0) is 16.6 Å². The zero-order chi connectivity index (χ0) is 12.5. The molecule has 0 amide bonds. The number of aromatic amines is 2. The summed E-state index contributed by atoms with van der Waals surface area (Å²) >= 11 is 0. The van der Waals surface area contributed by atoms with Crippen LogP contribution in [0, 0.1) is 0 Å². The van der Waals surface area contributed by atoms with Gasteiger partial charge in [-0.2, -0.15) is 0 Å². The number of rotatable bonds is 4. The maximum atomic E-state index is 11.3. The zero-order valence-corrected chi connectivity index (χ0v) is 10.1. The minimum absolute atomic E-state index is 0.0518. The molecule has 0 spiro atoms. The van der Waals surface area contributed by atoms with Gasteiger partial charge < -0.3 is 9.97 Å². The number of imidazole rings is 1. The monoisotopic (exact) mass is 255 g/mol. The molecule has 7 heteroatoms. The number of hydrogen-bond acceptors (Lipinski definition) is 3. The van der Waals surface area contributed by atoms with Crippen LogP contribution in [0.5, 0.6) is 0 Å². The lowest BCUT2D eigenvalue weighted by Crippen LogP contribution is -2.24. The van der Waals surface area contributed by atoms with Gasteiger partial charge in [-0.25, -0.2) is 17.9 Å². The lowest BCUT2D eigenvalue weighted by atomic mass is 10.2. The number of fused-ring (bicyclic) bond motifs is 1. The predicted octanol–water partition coefficient (Wildman–Crippen LogP) is 0.295. The Morgan fingerprint density at radius 2 is 1.94 bits per heavy atom. The first-order chi connectivity index (χ1) is 8.00. The molecule has 17 heavy (non-hydrogen) atoms. The average Bonchev–Trinajstić information content (AvgIpc) is 2.66. The Bertz CT molecular complexity index is 684. The maximum absolute atomic E-state index is 11.3. The highest BCUT2D eigenvalue weighted by Crippen LogP contribution is 2.10. The van der Waals surface area contributed by atoms with Crippen LogP contribution in [0.15, 0.2) is 23.0 Å². The number of benzene rings is 1. The van der Waals surface area contributed by atoms with E-state index < -0.39 is 10.0 Å². The Hall–Kier alpha value is -1.60. The predicted molar refractivity (Wildman–Crippen MR) is 65.2 cm³/mol. The molecule has 0 atom stereocenters. The van der Waals surface area contributed by atoms with E-state index in [4.69, 9.17) is 0 Å². The van der Waals surface area contributed by atoms with E-state index in [0.29, 0.717) is 11.0 Å². The summed E-state index contributed by atoms with van der Waals surface area (Å²) in [6.45, 7) is 1.80. The molecule has 3 N–H and O–H groups in total. The number of H-pyrrole nitrogens is 2. The Kier molecular flexibility index (Phi) is 3.03. The highest BCUT2D eigenvalue weighted by molar-refractivity contribution is 7.89. The van der Waals surface area contributed by atoms with Crippen molar-refractivity contribution >= 4 is 21.1 Å². The van der Waals surface area contributed by atoms with Gasteiger partial charge in [0.1, 0.15) is 0 Å². The molecular weight excluding hydrogens is 242 g/mol. The van der Waals surface area contributed by atoms with Crippen molar-refractivity contribution in [1.29, 1.82) is 0 Å². The van der Waals surface area contributed by atoms with E-state index >= 15 is 0 Å². The molecule has 1 aromatic carbocycles. The van der Waals surface area contributed by atoms with Gasteiger partial charge in [-0.1, -0.05) is 6.07 Å². The third kappa shape index (κ3) is 2.75. The molecule has 0 bridgehead atoms. The minimum Gasteiger partial charge on any atom is -0.306 e. The second-order valence-corrected chi connectivity index (χ2v) is 5.78. The normalized spacial score (nSPS) is 12.1. The van der Waals surface area contributed by atoms with E-state index in [1.165, 1.54) is 0 Å². The molecule has 0 saturated carbocycles. The van der Waals surface area contributed by atoms with Crippen LogP contribution in [0.1, 0.15) is 12.5 Å². The molecule has 0 saturated heterocycles. The molecule has 0 radical (unpaired) electrons. The lowest BCUT2D eigenvalue weighted by Gasteiger charge is -2.04. The third-order valence-electron chi connectivity index (χ3n) is 2.46. The van der Waals surface area contributed by atoms with Crippen LogP contribution in [0.4, 0.5) is 0 Å². The van der Waals surface area contributed by atoms with E-state index in [0.717, 1.165) is 5.56 Å². The van der Waals surface area contributed by atoms with Crippen molar-refractivity contribution in [2.45, 2.75) is 13.5 Å². The molecule has 1 aromatic heterocycles. The van der Waals surface area contributed by atoms with Crippen molar-refractivity contribution in [1.82, 2.24) is 14.7 Å². The van der Waals surface area contributed by atoms with Gasteiger partial charge in [-0.15, -0.1) is 0 Å². The maximum Gasteiger partial charge on any atom is 0.323 e. The van der Waals surface area contributed by atoms with Gasteiger partial charge >= 0.3 is 5.69 Å². The first-order valence-electron chi connectivity index (χ1n) is 5.18. The molecule has 6 nitrogen and oxygen atoms in total. The van der Waals surface area contributed by atoms with Gasteiger partial charge in [0, 0.05) is 6.54 Å². The van der Waals surface area contributed by atoms with E-state index in [1.807, 2.05) is 0 Å². The fourth-order valence-electron chi connectivity index (χ4n) is 1.49. The fourth-order valence-corrected chi connectivity index (χ4v) is 2.08. The largest absolute Gasteiger partial charge is 0.323 e. The van der Waals surface area contributed by atoms with Crippen LogP contribution < -0.4 is 10.4 Å². The first-order valence-corrected chi connectivity index (χ1v) is 6.83. The molecule has 0 aliphatic heterocycles. The van der Waals surface area contributed by atoms with Crippen LogP contribution in [0.2, 0.25) is 0 Å². The molecule has 92 valence electrons. The smallest absolute Gasteiger partial charge is 0.306 e. The van der Waals surface area contributed by atoms with Crippen LogP contribution in [0.3, 0.4) is 0 Å². The van der Waals surface area contributed by atoms with Crippen molar-refractivity contribution in [3.63, 3.8) is 0 Å². The second kappa shape index (κ2) is 4.34. The molecule has 0 aliphatic rings. The van der Waals surface area contributed by atoms with Crippen molar-refractivity contribution in [3.8, 4) is 0 Å². The number of nitrogens with one attached hydrogen (secondary N) is 3. The third-order valence-corrected chi connectivity index (χ3v) is 3.80. The van der Waals surface area contributed by atoms with Crippen molar-refractivity contribution in [3.05, 3.63) is 34.2 Å². The molecule has 0 fully saturated rings. The minimum atomic E-state index is -3.20. The van der Waals surface area contributed by atoms with E-state index in [9.17, 15) is 13.2 Å². The average molecular weight is 255 g/mol. The lowest BCUT2D eigenvalue weighted by molar-refractivity contribution is 0.582. The summed E-state index contributed by atoms with van der Waals surface area (Å²) in [5.41, 5.74) is 1.90. The number of sulfonamides is 1. The molecule has 0 aliphatic carbocycles. The summed E-state index contributed by atoms with van der Waals surface area (Å²) in [5, 5.41) is 0. The van der Waals surface area contributed by atoms with Gasteiger partial charge in [0.15, 0.2) is 0 Å². The van der Waals surface area contributed by atoms with Crippen molar-refractivity contribution in [2.75, 3.05) is 5.75 Å². The van der Waals surface area contributed by atoms with Gasteiger partial charge in [0.05, 0.1) is 16.8 Å². The fraction of sp³-hybridized carbons (Fsp3) is 0.300. The first kappa shape index (κ1) is 11.9. The summed E-state index contributed by atoms with van der Waals surface area (Å²) in [5.74, 6) is 0.0518. The SMILES string of the molecule is CCS(=O)(=O)NCc1ccc2[nH]c(=O)[nH]c2c1. The van der Waals surface area contributed by atoms with E-state index in [1.54, 1.807) is 25.1 Å². The molecule has 0 unspecified atom stereocenters. The number of hydrogen-bond donors (Lipinski definition) is 3. The van der Waals surface area contributed by atoms with Gasteiger partial charge in [-0.05, 0) is 24.6 Å². The summed E-state index contributed by atoms with van der Waals surface area (Å²) in [6.07, 6.45) is 0. The quantitative estimate of drug-likeness (QED) is 0.733. The summed E-state index contributed by atoms with van der Waals surface area (Å²) < 4.78 is 25.0. The summed E-state index contributed by atoms with van der Waals surface area (Å²) in [7, 11) is -3.20. The standard InChI is InChI=1S/C10H13N3O3S/c1-2-17(15,16)11-6-7-3-4-8-9(5-7)13-10(14)12-8/h3-5,11H,2,6H2,1H3,(H2,12,13,14). The summed E-state index contributed by atoms with van der Waals surface area (Å²) in [6, 6.07) is 5.25. The van der Waals surface area contributed by atoms with Gasteiger partial charge in [0.25, 0.3) is 0 Å². The highest BCUT2D eigenvalue weighted by atomic mass is 32.2. The van der Waals surface area contributed by atoms with Gasteiger partial charge in [-0.3, -0.25) is 0 Å². The Labute approximate surface area is 98.1 Å². The Morgan fingerprint density at radius 3 is 2.65 bits per heavy atom. The number of aromatic nitrogens is 2. The summed E-state index contributed by atoms with van der Waals surface area (Å²) in [4.78, 5) is 16.3. The molecule has 2 rings (SSSR count). The highest BCUT2D eigenvalue weighted by Gasteiger charge is 2.06. The Morgan fingerprint density at radius 1 is 1.24 bits per heavy atom. The molecular formula is C10H13N3O3S. The van der Waals surface area contributed by atoms with Crippen LogP contribution in [0.25, 0.3) is 11.0 Å². The molecule has 2 aromatic rings. The van der Waals surface area contributed by atoms with Gasteiger partial charge in [0.2, 0.25) is 10.0 Å². The Balaban J connectivity index is 2.22. The topological polar surface area (TPSA) is 94.8 Å². The van der Waals surface area contributed by atoms with E-state index in [-0.39, 0.29) is 18.0 Å². The zero-order valence-electron chi connectivity index (χ0n) is 9.28. The van der Waals surface area contributed by atoms with Crippen molar-refractivity contribution in [2.24, 2.45) is 0 Å². The second-order valence-electron chi connectivity index (χ2n) is 3.68. The van der Waals surface area contributed by atoms with Crippen LogP contribution in [-0.4, -0.2) is 24.1 Å². The van der Waals surface area contributed by atoms with Crippen molar-refractivity contribution < 1.29 is 8.42 Å².